The highest BCUT2D eigenvalue weighted by atomic mass is 35.5. The summed E-state index contributed by atoms with van der Waals surface area (Å²) in [7, 11) is 4.64. The Balaban J connectivity index is 5.08. The van der Waals surface area contributed by atoms with Gasteiger partial charge in [-0.05, 0) is 48.0 Å². The normalized spacial score (nSPS) is 18.2. The van der Waals surface area contributed by atoms with E-state index >= 15 is 0 Å². The topological polar surface area (TPSA) is 35.3 Å². The quantitative estimate of drug-likeness (QED) is 0.151. The summed E-state index contributed by atoms with van der Waals surface area (Å²) < 4.78 is 20.2. The molecule has 0 aromatic carbocycles. The van der Waals surface area contributed by atoms with Gasteiger partial charge in [0.05, 0.1) is 12.2 Å². The largest absolute Gasteiger partial charge is 0.381 e. The first-order valence-corrected chi connectivity index (χ1v) is 10.5. The Morgan fingerprint density at radius 3 is 2.12 bits per heavy atom. The van der Waals surface area contributed by atoms with Crippen LogP contribution in [0.1, 0.15) is 54.9 Å². The van der Waals surface area contributed by atoms with E-state index in [1.165, 1.54) is 0 Å². The van der Waals surface area contributed by atoms with Crippen molar-refractivity contribution in [1.29, 1.82) is 0 Å². The average Bonchev–Trinajstić information content (AvgIpc) is 2.51. The molecule has 2 radical (unpaired) electrons. The summed E-state index contributed by atoms with van der Waals surface area (Å²) >= 11 is 6.01. The smallest absolute Gasteiger partial charge is 0.259 e. The van der Waals surface area contributed by atoms with Gasteiger partial charge in [0.15, 0.2) is 0 Å². The molecule has 8 heteroatoms. The minimum atomic E-state index is -1.30. The lowest BCUT2D eigenvalue weighted by atomic mass is 9.96. The summed E-state index contributed by atoms with van der Waals surface area (Å²) in [6.45, 7) is 21.9. The van der Waals surface area contributed by atoms with E-state index in [0.717, 1.165) is 6.42 Å². The third-order valence-corrected chi connectivity index (χ3v) is 6.08. The monoisotopic (exact) mass is 390 g/mol. The third kappa shape index (κ3) is 9.56. The van der Waals surface area contributed by atoms with Crippen molar-refractivity contribution >= 4 is 28.0 Å². The highest BCUT2D eigenvalue weighted by Crippen LogP contribution is 2.47. The predicted molar refractivity (Wildman–Crippen MR) is 107 cm³/mol. The molecule has 0 saturated carbocycles. The van der Waals surface area contributed by atoms with E-state index < -0.39 is 14.5 Å². The van der Waals surface area contributed by atoms with Crippen LogP contribution in [-0.4, -0.2) is 61.3 Å². The molecule has 0 amide bonds. The summed E-state index contributed by atoms with van der Waals surface area (Å²) in [4.78, 5) is 3.35. The van der Waals surface area contributed by atoms with E-state index in [1.807, 2.05) is 20.8 Å². The van der Waals surface area contributed by atoms with Gasteiger partial charge in [-0.15, -0.1) is 11.6 Å². The van der Waals surface area contributed by atoms with E-state index in [1.54, 1.807) is 0 Å². The highest BCUT2D eigenvalue weighted by molar-refractivity contribution is 7.44. The van der Waals surface area contributed by atoms with Gasteiger partial charge in [0, 0.05) is 23.5 Å². The van der Waals surface area contributed by atoms with E-state index in [2.05, 4.69) is 37.2 Å². The molecule has 0 rings (SSSR count). The molecule has 0 aromatic heterocycles. The third-order valence-electron chi connectivity index (χ3n) is 3.62. The van der Waals surface area contributed by atoms with Crippen molar-refractivity contribution in [3.05, 3.63) is 11.4 Å². The van der Waals surface area contributed by atoms with Crippen molar-refractivity contribution in [2.45, 2.75) is 90.6 Å². The number of hydrogen-bond acceptors (Lipinski definition) is 4. The molecule has 0 aliphatic carbocycles. The Bertz CT molecular complexity index is 389. The summed E-state index contributed by atoms with van der Waals surface area (Å²) in [6, 6.07) is -0.0204. The van der Waals surface area contributed by atoms with Crippen molar-refractivity contribution in [2.75, 3.05) is 13.2 Å². The second-order valence-electron chi connectivity index (χ2n) is 6.56. The van der Waals surface area contributed by atoms with Crippen molar-refractivity contribution in [3.8, 4) is 0 Å². The van der Waals surface area contributed by atoms with Crippen molar-refractivity contribution < 1.29 is 13.8 Å². The lowest BCUT2D eigenvalue weighted by Crippen LogP contribution is -2.38. The van der Waals surface area contributed by atoms with Crippen molar-refractivity contribution in [2.24, 2.45) is 0 Å². The zero-order chi connectivity index (χ0) is 19.6. The molecule has 5 atom stereocenters. The SMILES string of the molecule is [B]C(O[C@H](CC)[C@@H](C)OP(OCC[N+]#[C-])N(C(C)C)C(C)C)[C@H](C)Cl. The lowest BCUT2D eigenvalue weighted by molar-refractivity contribution is -0.0396. The Kier molecular flexibility index (Phi) is 13.4. The Morgan fingerprint density at radius 2 is 1.72 bits per heavy atom. The maximum Gasteiger partial charge on any atom is 0.259 e. The van der Waals surface area contributed by atoms with Gasteiger partial charge in [-0.25, -0.2) is 11.2 Å². The van der Waals surface area contributed by atoms with Crippen molar-refractivity contribution in [1.82, 2.24) is 4.67 Å². The fourth-order valence-electron chi connectivity index (χ4n) is 2.35. The van der Waals surface area contributed by atoms with Crippen molar-refractivity contribution in [3.63, 3.8) is 0 Å². The first-order valence-electron chi connectivity index (χ1n) is 8.91. The molecule has 0 N–H and O–H groups in total. The standard InChI is InChI=1S/C17H33BClN2O3P/c1-9-16(23-17(18)14(6)19)15(7)24-25(22-11-10-20-8)21(12(2)3)13(4)5/h12-17H,9-11H2,1-7H3/t14-,15+,16+,17?,25?/m0/s1. The molecule has 0 aromatic rings. The summed E-state index contributed by atoms with van der Waals surface area (Å²) in [5, 5.41) is -0.277. The maximum absolute atomic E-state index is 6.93. The fraction of sp³-hybridized carbons (Fsp3) is 0.941. The second kappa shape index (κ2) is 13.3. The number of ether oxygens (including phenoxy) is 1. The first kappa shape index (κ1) is 25.1. The molecular formula is C17H33BClN2O3P. The van der Waals surface area contributed by atoms with Gasteiger partial charge in [0.2, 0.25) is 6.54 Å². The van der Waals surface area contributed by atoms with Crippen LogP contribution < -0.4 is 0 Å². The van der Waals surface area contributed by atoms with Crippen LogP contribution in [-0.2, 0) is 13.8 Å². The van der Waals surface area contributed by atoms with Crippen LogP contribution in [0.4, 0.5) is 0 Å². The molecule has 0 spiro atoms. The molecule has 25 heavy (non-hydrogen) atoms. The summed E-state index contributed by atoms with van der Waals surface area (Å²) in [6.07, 6.45) is 0.380. The fourth-order valence-corrected chi connectivity index (χ4v) is 4.12. The van der Waals surface area contributed by atoms with Gasteiger partial charge < -0.3 is 18.6 Å². The van der Waals surface area contributed by atoms with Crippen LogP contribution in [0.15, 0.2) is 0 Å². The Hall–Kier alpha value is 0.115. The number of halogens is 1. The highest BCUT2D eigenvalue weighted by Gasteiger charge is 2.32. The Morgan fingerprint density at radius 1 is 1.16 bits per heavy atom. The molecule has 0 aliphatic heterocycles. The molecule has 0 heterocycles. The minimum Gasteiger partial charge on any atom is -0.381 e. The lowest BCUT2D eigenvalue weighted by Gasteiger charge is -2.38. The molecule has 0 aliphatic rings. The van der Waals surface area contributed by atoms with Crippen LogP contribution >= 0.6 is 20.1 Å². The molecule has 0 bridgehead atoms. The zero-order valence-electron chi connectivity index (χ0n) is 16.6. The number of alkyl halides is 1. The average molecular weight is 391 g/mol. The predicted octanol–water partition coefficient (Wildman–Crippen LogP) is 4.59. The number of nitrogens with zero attached hydrogens (tertiary/aromatic N) is 2. The van der Waals surface area contributed by atoms with E-state index in [4.69, 9.17) is 39.8 Å². The van der Waals surface area contributed by atoms with Crippen LogP contribution in [0.2, 0.25) is 0 Å². The van der Waals surface area contributed by atoms with Gasteiger partial charge in [-0.1, -0.05) is 6.92 Å². The van der Waals surface area contributed by atoms with Crippen LogP contribution in [0.25, 0.3) is 4.85 Å². The van der Waals surface area contributed by atoms with Gasteiger partial charge in [-0.2, -0.15) is 0 Å². The van der Waals surface area contributed by atoms with E-state index in [-0.39, 0.29) is 29.7 Å². The number of rotatable bonds is 13. The van der Waals surface area contributed by atoms with Crippen LogP contribution in [0.3, 0.4) is 0 Å². The molecule has 0 saturated heterocycles. The summed E-state index contributed by atoms with van der Waals surface area (Å²) in [5.74, 6) is 0. The van der Waals surface area contributed by atoms with Gasteiger partial charge in [-0.3, -0.25) is 0 Å². The molecule has 0 fully saturated rings. The molecule has 144 valence electrons. The molecule has 2 unspecified atom stereocenters. The van der Waals surface area contributed by atoms with E-state index in [0.29, 0.717) is 13.2 Å². The maximum atomic E-state index is 6.93. The summed E-state index contributed by atoms with van der Waals surface area (Å²) in [5.41, 5.74) is 0. The molecule has 5 nitrogen and oxygen atoms in total. The van der Waals surface area contributed by atoms with Gasteiger partial charge >= 0.3 is 0 Å². The molecular weight excluding hydrogens is 357 g/mol. The van der Waals surface area contributed by atoms with Crippen LogP contribution in [0, 0.1) is 6.57 Å². The minimum absolute atomic E-state index is 0.174. The van der Waals surface area contributed by atoms with Gasteiger partial charge in [0.25, 0.3) is 8.53 Å². The first-order chi connectivity index (χ1) is 11.6. The number of hydrogen-bond donors (Lipinski definition) is 0. The second-order valence-corrected chi connectivity index (χ2v) is 8.65. The van der Waals surface area contributed by atoms with E-state index in [9.17, 15) is 0 Å². The Labute approximate surface area is 161 Å². The van der Waals surface area contributed by atoms with Crippen LogP contribution in [0.5, 0.6) is 0 Å². The van der Waals surface area contributed by atoms with Gasteiger partial charge in [0.1, 0.15) is 14.5 Å². The zero-order valence-corrected chi connectivity index (χ0v) is 18.3.